The summed E-state index contributed by atoms with van der Waals surface area (Å²) in [7, 11) is -2.69. The normalized spacial score (nSPS) is 26.0. The van der Waals surface area contributed by atoms with Crippen LogP contribution in [0.1, 0.15) is 59.3 Å². The number of nitrogens with zero attached hydrogens (tertiary/aromatic N) is 1. The average molecular weight is 436 g/mol. The number of hydrogen-bond acceptors (Lipinski definition) is 9. The van der Waals surface area contributed by atoms with Gasteiger partial charge >= 0.3 is 17.8 Å². The van der Waals surface area contributed by atoms with Gasteiger partial charge in [-0.2, -0.15) is 8.42 Å². The highest BCUT2D eigenvalue weighted by atomic mass is 32.2. The molecule has 1 unspecified atom stereocenters. The molecule has 29 heavy (non-hydrogen) atoms. The van der Waals surface area contributed by atoms with E-state index in [-0.39, 0.29) is 11.9 Å². The molecule has 9 nitrogen and oxygen atoms in total. The zero-order valence-electron chi connectivity index (χ0n) is 17.9. The van der Waals surface area contributed by atoms with Gasteiger partial charge in [-0.05, 0) is 59.3 Å². The van der Waals surface area contributed by atoms with Crippen molar-refractivity contribution in [3.63, 3.8) is 0 Å². The van der Waals surface area contributed by atoms with Gasteiger partial charge in [-0.25, -0.2) is 13.9 Å². The zero-order chi connectivity index (χ0) is 21.9. The van der Waals surface area contributed by atoms with Crippen LogP contribution < -0.4 is 0 Å². The lowest BCUT2D eigenvalue weighted by Gasteiger charge is -2.41. The van der Waals surface area contributed by atoms with Gasteiger partial charge in [0.15, 0.2) is 0 Å². The monoisotopic (exact) mass is 435 g/mol. The maximum atomic E-state index is 13.2. The Bertz CT molecular complexity index is 687. The van der Waals surface area contributed by atoms with Crippen molar-refractivity contribution in [1.82, 2.24) is 4.90 Å². The van der Waals surface area contributed by atoms with Gasteiger partial charge in [-0.1, -0.05) is 0 Å². The molecule has 1 aliphatic carbocycles. The Morgan fingerprint density at radius 2 is 1.55 bits per heavy atom. The van der Waals surface area contributed by atoms with Crippen molar-refractivity contribution in [1.29, 1.82) is 0 Å². The van der Waals surface area contributed by atoms with Crippen LogP contribution >= 0.6 is 0 Å². The molecule has 0 spiro atoms. The minimum Gasteiger partial charge on any atom is -0.469 e. The zero-order valence-corrected chi connectivity index (χ0v) is 18.7. The van der Waals surface area contributed by atoms with Crippen LogP contribution in [-0.4, -0.2) is 69.3 Å². The number of ether oxygens (including phenoxy) is 3. The first-order valence-corrected chi connectivity index (χ1v) is 11.8. The molecule has 1 saturated carbocycles. The van der Waals surface area contributed by atoms with Gasteiger partial charge in [0.1, 0.15) is 5.60 Å². The maximum Gasteiger partial charge on any atom is 0.386 e. The SMILES string of the molecule is COC(=O)C1CCC(OC(OS(C)(=O)=O)(C(=O)OC(C)(C)C)N2CCCC2)CC1. The molecular weight excluding hydrogens is 402 g/mol. The van der Waals surface area contributed by atoms with Crippen LogP contribution in [0.4, 0.5) is 0 Å². The summed E-state index contributed by atoms with van der Waals surface area (Å²) in [5.74, 6) is -3.54. The van der Waals surface area contributed by atoms with Gasteiger partial charge in [0, 0.05) is 13.1 Å². The number of hydrogen-bond donors (Lipinski definition) is 0. The van der Waals surface area contributed by atoms with Crippen molar-refractivity contribution in [2.75, 3.05) is 26.5 Å². The standard InChI is InChI=1S/C19H33NO8S/c1-18(2,3)27-17(22)19(28-29(5,23)24,20-12-6-7-13-20)26-15-10-8-14(9-11-15)16(21)25-4/h14-15H,6-13H2,1-5H3. The van der Waals surface area contributed by atoms with E-state index in [1.807, 2.05) is 0 Å². The third kappa shape index (κ3) is 6.63. The molecule has 2 fully saturated rings. The molecule has 2 aliphatic rings. The van der Waals surface area contributed by atoms with Crippen LogP contribution in [0.15, 0.2) is 0 Å². The van der Waals surface area contributed by atoms with Crippen LogP contribution in [0.5, 0.6) is 0 Å². The van der Waals surface area contributed by atoms with Crippen LogP contribution in [-0.2, 0) is 38.1 Å². The Hall–Kier alpha value is -1.23. The molecule has 2 rings (SSSR count). The van der Waals surface area contributed by atoms with E-state index in [9.17, 15) is 18.0 Å². The van der Waals surface area contributed by atoms with E-state index in [0.717, 1.165) is 19.1 Å². The summed E-state index contributed by atoms with van der Waals surface area (Å²) in [5, 5.41) is 0. The quantitative estimate of drug-likeness (QED) is 0.336. The lowest BCUT2D eigenvalue weighted by molar-refractivity contribution is -0.294. The number of carbonyl (C=O) groups excluding carboxylic acids is 2. The lowest BCUT2D eigenvalue weighted by atomic mass is 9.87. The molecule has 0 amide bonds. The van der Waals surface area contributed by atoms with E-state index in [1.165, 1.54) is 7.11 Å². The molecule has 0 aromatic heterocycles. The van der Waals surface area contributed by atoms with E-state index in [1.54, 1.807) is 25.7 Å². The van der Waals surface area contributed by atoms with Crippen molar-refractivity contribution in [2.45, 2.75) is 76.9 Å². The number of methoxy groups -OCH3 is 1. The van der Waals surface area contributed by atoms with Gasteiger partial charge < -0.3 is 14.2 Å². The van der Waals surface area contributed by atoms with Crippen LogP contribution in [0.2, 0.25) is 0 Å². The van der Waals surface area contributed by atoms with Crippen molar-refractivity contribution < 1.29 is 36.4 Å². The van der Waals surface area contributed by atoms with Crippen molar-refractivity contribution >= 4 is 22.1 Å². The van der Waals surface area contributed by atoms with E-state index in [2.05, 4.69) is 0 Å². The molecule has 168 valence electrons. The van der Waals surface area contributed by atoms with Gasteiger partial charge in [0.05, 0.1) is 25.4 Å². The fourth-order valence-electron chi connectivity index (χ4n) is 3.73. The molecule has 0 radical (unpaired) electrons. The van der Waals surface area contributed by atoms with Gasteiger partial charge in [0.25, 0.3) is 10.1 Å². The van der Waals surface area contributed by atoms with Gasteiger partial charge in [0.2, 0.25) is 0 Å². The minimum absolute atomic E-state index is 0.224. The number of likely N-dealkylation sites (tertiary alicyclic amines) is 1. The third-order valence-electron chi connectivity index (χ3n) is 4.98. The summed E-state index contributed by atoms with van der Waals surface area (Å²) in [5.41, 5.74) is -0.852. The highest BCUT2D eigenvalue weighted by Crippen LogP contribution is 2.35. The predicted octanol–water partition coefficient (Wildman–Crippen LogP) is 1.80. The summed E-state index contributed by atoms with van der Waals surface area (Å²) in [4.78, 5) is 26.5. The molecule has 0 aromatic rings. The number of rotatable bonds is 7. The summed E-state index contributed by atoms with van der Waals surface area (Å²) >= 11 is 0. The van der Waals surface area contributed by atoms with Crippen molar-refractivity contribution in [3.8, 4) is 0 Å². The Morgan fingerprint density at radius 1 is 1.00 bits per heavy atom. The number of esters is 2. The van der Waals surface area contributed by atoms with Crippen LogP contribution in [0, 0.1) is 5.92 Å². The molecule has 1 heterocycles. The molecule has 1 atom stereocenters. The topological polar surface area (TPSA) is 108 Å². The Kier molecular flexibility index (Phi) is 7.69. The second kappa shape index (κ2) is 9.28. The average Bonchev–Trinajstić information content (AvgIpc) is 3.13. The molecular formula is C19H33NO8S. The Labute approximate surface area is 173 Å². The summed E-state index contributed by atoms with van der Waals surface area (Å²) in [6, 6.07) is 0. The Morgan fingerprint density at radius 3 is 2.00 bits per heavy atom. The van der Waals surface area contributed by atoms with Crippen LogP contribution in [0.3, 0.4) is 0 Å². The van der Waals surface area contributed by atoms with Crippen LogP contribution in [0.25, 0.3) is 0 Å². The second-order valence-corrected chi connectivity index (χ2v) is 10.3. The summed E-state index contributed by atoms with van der Waals surface area (Å²) in [6.45, 7) is 5.99. The van der Waals surface area contributed by atoms with Crippen molar-refractivity contribution in [3.05, 3.63) is 0 Å². The van der Waals surface area contributed by atoms with E-state index in [4.69, 9.17) is 18.4 Å². The smallest absolute Gasteiger partial charge is 0.386 e. The Balaban J connectivity index is 2.29. The second-order valence-electron chi connectivity index (χ2n) is 8.68. The first-order chi connectivity index (χ1) is 13.4. The summed E-state index contributed by atoms with van der Waals surface area (Å²) in [6.07, 6.45) is 4.02. The highest BCUT2D eigenvalue weighted by Gasteiger charge is 2.55. The molecule has 0 N–H and O–H groups in total. The third-order valence-corrected chi connectivity index (χ3v) is 5.51. The van der Waals surface area contributed by atoms with E-state index < -0.39 is 33.7 Å². The maximum absolute atomic E-state index is 13.2. The van der Waals surface area contributed by atoms with E-state index >= 15 is 0 Å². The lowest BCUT2D eigenvalue weighted by Crippen LogP contribution is -2.61. The fraction of sp³-hybridized carbons (Fsp3) is 0.895. The molecule has 0 aromatic carbocycles. The molecule has 10 heteroatoms. The largest absolute Gasteiger partial charge is 0.469 e. The van der Waals surface area contributed by atoms with E-state index in [0.29, 0.717) is 38.8 Å². The molecule has 0 bridgehead atoms. The molecule has 1 saturated heterocycles. The predicted molar refractivity (Wildman–Crippen MR) is 104 cm³/mol. The minimum atomic E-state index is -4.04. The highest BCUT2D eigenvalue weighted by molar-refractivity contribution is 7.86. The first kappa shape index (κ1) is 24.0. The molecule has 1 aliphatic heterocycles. The van der Waals surface area contributed by atoms with Gasteiger partial charge in [-0.3, -0.25) is 4.79 Å². The number of carbonyl (C=O) groups is 2. The van der Waals surface area contributed by atoms with Gasteiger partial charge in [-0.15, -0.1) is 0 Å². The fourth-order valence-corrected chi connectivity index (χ4v) is 4.35. The first-order valence-electron chi connectivity index (χ1n) is 10.0. The van der Waals surface area contributed by atoms with Crippen molar-refractivity contribution in [2.24, 2.45) is 5.92 Å². The summed E-state index contributed by atoms with van der Waals surface area (Å²) < 4.78 is 45.9.